The van der Waals surface area contributed by atoms with E-state index in [1.165, 1.54) is 10.6 Å². The van der Waals surface area contributed by atoms with Crippen LogP contribution < -0.4 is 10.9 Å². The van der Waals surface area contributed by atoms with Gasteiger partial charge in [-0.05, 0) is 37.3 Å². The summed E-state index contributed by atoms with van der Waals surface area (Å²) in [7, 11) is 0. The summed E-state index contributed by atoms with van der Waals surface area (Å²) in [6.07, 6.45) is 0. The molecule has 1 heterocycles. The van der Waals surface area contributed by atoms with Gasteiger partial charge >= 0.3 is 0 Å². The van der Waals surface area contributed by atoms with E-state index in [1.54, 1.807) is 24.3 Å². The molecule has 0 radical (unpaired) electrons. The Kier molecular flexibility index (Phi) is 6.28. The lowest BCUT2D eigenvalue weighted by molar-refractivity contribution is -0.113. The van der Waals surface area contributed by atoms with Gasteiger partial charge in [0.1, 0.15) is 0 Å². The first-order chi connectivity index (χ1) is 13.3. The minimum Gasteiger partial charge on any atom is -0.493 e. The average Bonchev–Trinajstić information content (AvgIpc) is 2.64. The number of thioether (sulfide) groups is 1. The highest BCUT2D eigenvalue weighted by Crippen LogP contribution is 2.26. The summed E-state index contributed by atoms with van der Waals surface area (Å²) in [5, 5.41) is 13.2. The Morgan fingerprint density at radius 3 is 2.54 bits per heavy atom. The first-order valence-corrected chi connectivity index (χ1v) is 9.85. The van der Waals surface area contributed by atoms with Crippen LogP contribution in [0.2, 0.25) is 10.0 Å². The molecule has 0 aliphatic carbocycles. The predicted octanol–water partition coefficient (Wildman–Crippen LogP) is 4.28. The average molecular weight is 436 g/mol. The Balaban J connectivity index is 1.83. The topological polar surface area (TPSA) is 84.2 Å². The fraction of sp³-hybridized carbons (Fsp3) is 0.105. The molecule has 6 nitrogen and oxygen atoms in total. The van der Waals surface area contributed by atoms with Crippen LogP contribution in [0.15, 0.2) is 58.5 Å². The van der Waals surface area contributed by atoms with Crippen LogP contribution in [0.1, 0.15) is 5.56 Å². The van der Waals surface area contributed by atoms with Gasteiger partial charge in [0.05, 0.1) is 27.6 Å². The van der Waals surface area contributed by atoms with Gasteiger partial charge in [0.25, 0.3) is 5.56 Å². The molecule has 0 fully saturated rings. The second-order valence-electron chi connectivity index (χ2n) is 5.87. The fourth-order valence-electron chi connectivity index (χ4n) is 2.37. The predicted molar refractivity (Wildman–Crippen MR) is 112 cm³/mol. The molecular formula is C19H15Cl2N3O3S. The van der Waals surface area contributed by atoms with Gasteiger partial charge in [0.2, 0.25) is 11.8 Å². The number of amides is 1. The highest BCUT2D eigenvalue weighted by Gasteiger charge is 2.14. The molecule has 0 aliphatic rings. The van der Waals surface area contributed by atoms with E-state index in [4.69, 9.17) is 23.2 Å². The number of nitrogens with one attached hydrogen (secondary N) is 1. The summed E-state index contributed by atoms with van der Waals surface area (Å²) >= 11 is 13.0. The number of benzene rings is 2. The zero-order valence-corrected chi connectivity index (χ0v) is 17.0. The largest absolute Gasteiger partial charge is 0.493 e. The van der Waals surface area contributed by atoms with Crippen LogP contribution in [0.25, 0.3) is 5.69 Å². The summed E-state index contributed by atoms with van der Waals surface area (Å²) in [6, 6.07) is 13.0. The number of halogens is 2. The van der Waals surface area contributed by atoms with Crippen molar-refractivity contribution in [3.63, 3.8) is 0 Å². The molecule has 0 atom stereocenters. The zero-order valence-electron chi connectivity index (χ0n) is 14.6. The van der Waals surface area contributed by atoms with E-state index in [1.807, 2.05) is 19.1 Å². The Bertz CT molecular complexity index is 1080. The number of hydrogen-bond acceptors (Lipinski definition) is 5. The third-order valence-corrected chi connectivity index (χ3v) is 5.38. The lowest BCUT2D eigenvalue weighted by Crippen LogP contribution is -2.21. The van der Waals surface area contributed by atoms with Crippen molar-refractivity contribution in [3.05, 3.63) is 74.5 Å². The van der Waals surface area contributed by atoms with Gasteiger partial charge in [-0.2, -0.15) is 4.98 Å². The van der Waals surface area contributed by atoms with E-state index in [0.717, 1.165) is 23.4 Å². The number of nitrogens with zero attached hydrogens (tertiary/aromatic N) is 2. The van der Waals surface area contributed by atoms with Crippen LogP contribution in [0.5, 0.6) is 5.88 Å². The smallest absolute Gasteiger partial charge is 0.262 e. The molecule has 0 spiro atoms. The summed E-state index contributed by atoms with van der Waals surface area (Å²) in [4.78, 5) is 28.6. The Morgan fingerprint density at radius 1 is 1.14 bits per heavy atom. The number of aromatic nitrogens is 2. The van der Waals surface area contributed by atoms with Gasteiger partial charge in [-0.3, -0.25) is 14.2 Å². The number of aryl methyl sites for hydroxylation is 1. The minimum absolute atomic E-state index is 0.00884. The van der Waals surface area contributed by atoms with Crippen LogP contribution in [0, 0.1) is 6.92 Å². The normalized spacial score (nSPS) is 10.7. The monoisotopic (exact) mass is 435 g/mol. The Hall–Kier alpha value is -2.48. The second-order valence-corrected chi connectivity index (χ2v) is 7.63. The molecule has 0 saturated carbocycles. The Morgan fingerprint density at radius 2 is 1.86 bits per heavy atom. The quantitative estimate of drug-likeness (QED) is 0.461. The molecule has 0 saturated heterocycles. The summed E-state index contributed by atoms with van der Waals surface area (Å²) < 4.78 is 1.26. The lowest BCUT2D eigenvalue weighted by Gasteiger charge is -2.12. The molecule has 3 aromatic rings. The number of carbonyl (C=O) groups excluding carboxylic acids is 1. The third-order valence-electron chi connectivity index (χ3n) is 3.70. The van der Waals surface area contributed by atoms with Crippen molar-refractivity contribution in [1.82, 2.24) is 9.55 Å². The van der Waals surface area contributed by atoms with E-state index in [0.29, 0.717) is 16.4 Å². The summed E-state index contributed by atoms with van der Waals surface area (Å²) in [6.45, 7) is 1.96. The number of anilines is 1. The zero-order chi connectivity index (χ0) is 20.3. The number of rotatable bonds is 5. The molecule has 1 aromatic heterocycles. The van der Waals surface area contributed by atoms with Gasteiger partial charge < -0.3 is 10.4 Å². The van der Waals surface area contributed by atoms with Gasteiger partial charge in [-0.15, -0.1) is 0 Å². The van der Waals surface area contributed by atoms with E-state index in [9.17, 15) is 14.7 Å². The maximum Gasteiger partial charge on any atom is 0.262 e. The standard InChI is InChI=1S/C19H15Cl2N3O3S/c1-11-2-4-12(5-3-11)22-17(26)10-28-19-23-16(25)9-18(27)24(19)13-6-7-14(20)15(21)8-13/h2-9,25H,10H2,1H3,(H,22,26). The van der Waals surface area contributed by atoms with Crippen LogP contribution in [0.4, 0.5) is 5.69 Å². The summed E-state index contributed by atoms with van der Waals surface area (Å²) in [5.74, 6) is -0.708. The van der Waals surface area contributed by atoms with Crippen LogP contribution in [-0.2, 0) is 4.79 Å². The van der Waals surface area contributed by atoms with E-state index >= 15 is 0 Å². The lowest BCUT2D eigenvalue weighted by atomic mass is 10.2. The number of aromatic hydroxyl groups is 1. The minimum atomic E-state index is -0.507. The SMILES string of the molecule is Cc1ccc(NC(=O)CSc2nc(O)cc(=O)n2-c2ccc(Cl)c(Cl)c2)cc1. The van der Waals surface area contributed by atoms with Crippen molar-refractivity contribution in [3.8, 4) is 11.6 Å². The van der Waals surface area contributed by atoms with Crippen molar-refractivity contribution in [2.24, 2.45) is 0 Å². The molecule has 2 N–H and O–H groups in total. The third kappa shape index (κ3) is 4.86. The Labute approximate surface area is 175 Å². The number of hydrogen-bond donors (Lipinski definition) is 2. The highest BCUT2D eigenvalue weighted by molar-refractivity contribution is 7.99. The molecule has 1 amide bonds. The molecule has 0 bridgehead atoms. The molecule has 0 aliphatic heterocycles. The molecule has 144 valence electrons. The van der Waals surface area contributed by atoms with E-state index in [2.05, 4.69) is 10.3 Å². The van der Waals surface area contributed by atoms with Crippen molar-refractivity contribution in [2.75, 3.05) is 11.1 Å². The van der Waals surface area contributed by atoms with Crippen molar-refractivity contribution in [2.45, 2.75) is 12.1 Å². The highest BCUT2D eigenvalue weighted by atomic mass is 35.5. The first kappa shape index (κ1) is 20.3. The fourth-order valence-corrected chi connectivity index (χ4v) is 3.48. The number of carbonyl (C=O) groups is 1. The van der Waals surface area contributed by atoms with Crippen LogP contribution >= 0.6 is 35.0 Å². The maximum atomic E-state index is 12.4. The molecule has 2 aromatic carbocycles. The van der Waals surface area contributed by atoms with Crippen molar-refractivity contribution < 1.29 is 9.90 Å². The maximum absolute atomic E-state index is 12.4. The molecule has 9 heteroatoms. The van der Waals surface area contributed by atoms with Crippen LogP contribution in [0.3, 0.4) is 0 Å². The summed E-state index contributed by atoms with van der Waals surface area (Å²) in [5.41, 5.74) is 1.67. The van der Waals surface area contributed by atoms with Gasteiger partial charge in [0.15, 0.2) is 5.16 Å². The van der Waals surface area contributed by atoms with Crippen molar-refractivity contribution in [1.29, 1.82) is 0 Å². The van der Waals surface area contributed by atoms with Gasteiger partial charge in [-0.1, -0.05) is 52.7 Å². The van der Waals surface area contributed by atoms with E-state index < -0.39 is 11.4 Å². The molecule has 0 unspecified atom stereocenters. The first-order valence-electron chi connectivity index (χ1n) is 8.11. The van der Waals surface area contributed by atoms with Crippen molar-refractivity contribution >= 4 is 46.6 Å². The molecule has 3 rings (SSSR count). The molecular weight excluding hydrogens is 421 g/mol. The van der Waals surface area contributed by atoms with Crippen LogP contribution in [-0.4, -0.2) is 26.3 Å². The molecule has 28 heavy (non-hydrogen) atoms. The van der Waals surface area contributed by atoms with Gasteiger partial charge in [0, 0.05) is 5.69 Å². The van der Waals surface area contributed by atoms with Gasteiger partial charge in [-0.25, -0.2) is 0 Å². The van der Waals surface area contributed by atoms with E-state index in [-0.39, 0.29) is 21.8 Å². The second kappa shape index (κ2) is 8.68.